The van der Waals surface area contributed by atoms with E-state index in [1.165, 1.54) is 12.1 Å². The van der Waals surface area contributed by atoms with Crippen molar-refractivity contribution in [1.29, 1.82) is 0 Å². The number of phenolic OH excluding ortho intramolecular Hbond substituents is 1. The Balaban J connectivity index is 2.18. The average molecular weight is 321 g/mol. The quantitative estimate of drug-likeness (QED) is 0.511. The highest BCUT2D eigenvalue weighted by Crippen LogP contribution is 2.33. The number of halogens is 1. The Morgan fingerprint density at radius 3 is 2.43 bits per heavy atom. The molecule has 0 saturated carbocycles. The summed E-state index contributed by atoms with van der Waals surface area (Å²) in [5, 5.41) is 48.0. The first-order valence-corrected chi connectivity index (χ1v) is 6.69. The minimum Gasteiger partial charge on any atom is -0.506 e. The van der Waals surface area contributed by atoms with Crippen molar-refractivity contribution in [3.63, 3.8) is 0 Å². The Labute approximate surface area is 125 Å². The molecule has 0 spiro atoms. The largest absolute Gasteiger partial charge is 0.506 e. The Hall–Kier alpha value is -1.09. The van der Waals surface area contributed by atoms with Crippen LogP contribution in [0.15, 0.2) is 12.1 Å². The Bertz CT molecular complexity index is 484. The van der Waals surface area contributed by atoms with Gasteiger partial charge in [0.2, 0.25) is 6.29 Å². The molecule has 0 aliphatic carbocycles. The third-order valence-electron chi connectivity index (χ3n) is 3.31. The molecule has 1 aliphatic rings. The predicted molar refractivity (Wildman–Crippen MR) is 72.2 cm³/mol. The van der Waals surface area contributed by atoms with Crippen LogP contribution in [0.1, 0.15) is 5.56 Å². The molecule has 0 bridgehead atoms. The van der Waals surface area contributed by atoms with Crippen LogP contribution in [0, 0.1) is 6.92 Å². The van der Waals surface area contributed by atoms with Crippen molar-refractivity contribution in [2.45, 2.75) is 37.6 Å². The van der Waals surface area contributed by atoms with Gasteiger partial charge < -0.3 is 35.0 Å². The lowest BCUT2D eigenvalue weighted by atomic mass is 9.99. The summed E-state index contributed by atoms with van der Waals surface area (Å²) in [6.07, 6.45) is -6.86. The van der Waals surface area contributed by atoms with Crippen molar-refractivity contribution >= 4 is 11.6 Å². The fraction of sp³-hybridized carbons (Fsp3) is 0.538. The lowest BCUT2D eigenvalue weighted by Gasteiger charge is -2.39. The summed E-state index contributed by atoms with van der Waals surface area (Å²) in [6, 6.07) is 2.75. The molecule has 0 radical (unpaired) electrons. The van der Waals surface area contributed by atoms with E-state index < -0.39 is 37.3 Å². The first kappa shape index (κ1) is 16.3. The maximum atomic E-state index is 9.85. The number of phenols is 1. The highest BCUT2D eigenvalue weighted by molar-refractivity contribution is 6.32. The zero-order valence-electron chi connectivity index (χ0n) is 11.2. The third kappa shape index (κ3) is 3.23. The Kier molecular flexibility index (Phi) is 4.92. The highest BCUT2D eigenvalue weighted by atomic mass is 35.5. The van der Waals surface area contributed by atoms with Gasteiger partial charge >= 0.3 is 0 Å². The van der Waals surface area contributed by atoms with E-state index >= 15 is 0 Å². The monoisotopic (exact) mass is 320 g/mol. The van der Waals surface area contributed by atoms with Crippen LogP contribution in [-0.4, -0.2) is 62.8 Å². The first-order chi connectivity index (χ1) is 9.85. The smallest absolute Gasteiger partial charge is 0.229 e. The molecule has 21 heavy (non-hydrogen) atoms. The van der Waals surface area contributed by atoms with Crippen LogP contribution in [0.4, 0.5) is 0 Å². The summed E-state index contributed by atoms with van der Waals surface area (Å²) in [5.41, 5.74) is 0.552. The molecule has 8 heteroatoms. The zero-order valence-corrected chi connectivity index (χ0v) is 11.9. The van der Waals surface area contributed by atoms with Gasteiger partial charge in [-0.3, -0.25) is 0 Å². The number of aliphatic hydroxyl groups is 4. The van der Waals surface area contributed by atoms with E-state index in [1.807, 2.05) is 0 Å². The van der Waals surface area contributed by atoms with E-state index in [0.717, 1.165) is 0 Å². The van der Waals surface area contributed by atoms with Crippen molar-refractivity contribution in [2.24, 2.45) is 0 Å². The van der Waals surface area contributed by atoms with Gasteiger partial charge in [0, 0.05) is 6.07 Å². The van der Waals surface area contributed by atoms with Gasteiger partial charge in [0.15, 0.2) is 0 Å². The molecule has 0 unspecified atom stereocenters. The number of hydrogen-bond acceptors (Lipinski definition) is 7. The molecule has 7 nitrogen and oxygen atoms in total. The number of aryl methyl sites for hydroxylation is 1. The predicted octanol–water partition coefficient (Wildman–Crippen LogP) is -0.467. The molecular weight excluding hydrogens is 304 g/mol. The molecule has 1 aromatic rings. The molecule has 5 N–H and O–H groups in total. The van der Waals surface area contributed by atoms with Crippen LogP contribution in [0.2, 0.25) is 5.02 Å². The number of aliphatic hydroxyl groups excluding tert-OH is 4. The van der Waals surface area contributed by atoms with Gasteiger partial charge in [0.1, 0.15) is 35.9 Å². The normalized spacial score (nSPS) is 33.0. The van der Waals surface area contributed by atoms with Crippen molar-refractivity contribution in [3.05, 3.63) is 22.7 Å². The van der Waals surface area contributed by atoms with Crippen molar-refractivity contribution in [2.75, 3.05) is 6.61 Å². The molecule has 0 amide bonds. The van der Waals surface area contributed by atoms with Gasteiger partial charge in [0.25, 0.3) is 0 Å². The summed E-state index contributed by atoms with van der Waals surface area (Å²) < 4.78 is 10.6. The van der Waals surface area contributed by atoms with Crippen LogP contribution < -0.4 is 4.74 Å². The molecule has 1 saturated heterocycles. The Morgan fingerprint density at radius 2 is 1.86 bits per heavy atom. The molecule has 2 rings (SSSR count). The number of rotatable bonds is 3. The van der Waals surface area contributed by atoms with Gasteiger partial charge in [0.05, 0.1) is 11.6 Å². The topological polar surface area (TPSA) is 120 Å². The summed E-state index contributed by atoms with van der Waals surface area (Å²) >= 11 is 5.82. The van der Waals surface area contributed by atoms with Crippen LogP contribution >= 0.6 is 11.6 Å². The maximum absolute atomic E-state index is 9.85. The lowest BCUT2D eigenvalue weighted by molar-refractivity contribution is -0.277. The highest BCUT2D eigenvalue weighted by Gasteiger charge is 2.44. The van der Waals surface area contributed by atoms with Crippen molar-refractivity contribution in [1.82, 2.24) is 0 Å². The first-order valence-electron chi connectivity index (χ1n) is 6.31. The molecule has 1 aromatic carbocycles. The molecule has 118 valence electrons. The minimum atomic E-state index is -1.53. The van der Waals surface area contributed by atoms with Crippen molar-refractivity contribution < 1.29 is 35.0 Å². The fourth-order valence-electron chi connectivity index (χ4n) is 2.09. The van der Waals surface area contributed by atoms with Gasteiger partial charge in [-0.15, -0.1) is 0 Å². The van der Waals surface area contributed by atoms with E-state index in [0.29, 0.717) is 5.56 Å². The number of aromatic hydroxyl groups is 1. The van der Waals surface area contributed by atoms with E-state index in [1.54, 1.807) is 6.92 Å². The van der Waals surface area contributed by atoms with E-state index in [4.69, 9.17) is 26.2 Å². The standard InChI is InChI=1S/C13H17ClO7/c1-5-2-6(3-7(16)9(5)14)20-13-12(19)11(18)10(17)8(4-15)21-13/h2-3,8,10-13,15-19H,4H2,1H3/t8-,10-,11+,12-,13-/m1/s1. The maximum Gasteiger partial charge on any atom is 0.229 e. The SMILES string of the molecule is Cc1cc(O[C@@H]2O[C@H](CO)[C@@H](O)[C@H](O)[C@H]2O)cc(O)c1Cl. The number of benzene rings is 1. The van der Waals surface area contributed by atoms with Crippen molar-refractivity contribution in [3.8, 4) is 11.5 Å². The molecule has 1 aliphatic heterocycles. The average Bonchev–Trinajstić information content (AvgIpc) is 2.45. The van der Waals surface area contributed by atoms with Gasteiger partial charge in [-0.05, 0) is 18.6 Å². The summed E-state index contributed by atoms with van der Waals surface area (Å²) in [7, 11) is 0. The zero-order chi connectivity index (χ0) is 15.7. The van der Waals surface area contributed by atoms with E-state index in [9.17, 15) is 20.4 Å². The van der Waals surface area contributed by atoms with Crippen LogP contribution in [0.5, 0.6) is 11.5 Å². The Morgan fingerprint density at radius 1 is 1.19 bits per heavy atom. The molecular formula is C13H17ClO7. The van der Waals surface area contributed by atoms with Gasteiger partial charge in [-0.2, -0.15) is 0 Å². The van der Waals surface area contributed by atoms with Crippen LogP contribution in [0.3, 0.4) is 0 Å². The summed E-state index contributed by atoms with van der Waals surface area (Å²) in [5.74, 6) is -0.0324. The lowest BCUT2D eigenvalue weighted by Crippen LogP contribution is -2.60. The molecule has 0 aromatic heterocycles. The second-order valence-electron chi connectivity index (χ2n) is 4.89. The second-order valence-corrected chi connectivity index (χ2v) is 5.27. The van der Waals surface area contributed by atoms with Crippen LogP contribution in [0.25, 0.3) is 0 Å². The van der Waals surface area contributed by atoms with Gasteiger partial charge in [-0.1, -0.05) is 11.6 Å². The van der Waals surface area contributed by atoms with E-state index in [2.05, 4.69) is 0 Å². The van der Waals surface area contributed by atoms with Crippen LogP contribution in [-0.2, 0) is 4.74 Å². The second kappa shape index (κ2) is 6.35. The van der Waals surface area contributed by atoms with Gasteiger partial charge in [-0.25, -0.2) is 0 Å². The van der Waals surface area contributed by atoms with E-state index in [-0.39, 0.29) is 16.5 Å². The molecule has 1 heterocycles. The number of ether oxygens (including phenoxy) is 2. The molecule has 1 fully saturated rings. The number of hydrogen-bond donors (Lipinski definition) is 5. The molecule has 5 atom stereocenters. The third-order valence-corrected chi connectivity index (χ3v) is 3.80. The fourth-order valence-corrected chi connectivity index (χ4v) is 2.19. The summed E-state index contributed by atoms with van der Waals surface area (Å²) in [4.78, 5) is 0. The summed E-state index contributed by atoms with van der Waals surface area (Å²) in [6.45, 7) is 1.11. The minimum absolute atomic E-state index is 0.165.